The molecule has 1 rings (SSSR count). The molecule has 0 aliphatic carbocycles. The van der Waals surface area contributed by atoms with Crippen LogP contribution in [0.4, 0.5) is 11.4 Å². The van der Waals surface area contributed by atoms with E-state index in [0.717, 1.165) is 0 Å². The molecule has 0 bridgehead atoms. The van der Waals surface area contributed by atoms with Crippen molar-refractivity contribution in [1.82, 2.24) is 0 Å². The van der Waals surface area contributed by atoms with Crippen LogP contribution in [-0.2, 0) is 9.53 Å². The molecule has 8 heteroatoms. The number of hydrogen-bond acceptors (Lipinski definition) is 6. The molecule has 0 aliphatic heterocycles. The second-order valence-electron chi connectivity index (χ2n) is 4.37. The smallest absolute Gasteiger partial charge is 0.312 e. The molecule has 0 aromatic heterocycles. The van der Waals surface area contributed by atoms with Crippen molar-refractivity contribution < 1.29 is 19.2 Å². The highest BCUT2D eigenvalue weighted by atomic mass is 16.6. The summed E-state index contributed by atoms with van der Waals surface area (Å²) >= 11 is 0. The summed E-state index contributed by atoms with van der Waals surface area (Å²) in [7, 11) is 2.91. The van der Waals surface area contributed by atoms with E-state index in [9.17, 15) is 14.9 Å². The summed E-state index contributed by atoms with van der Waals surface area (Å²) in [5.41, 5.74) is 5.82. The van der Waals surface area contributed by atoms with Crippen molar-refractivity contribution in [2.24, 2.45) is 5.73 Å². The second-order valence-corrected chi connectivity index (χ2v) is 4.37. The minimum absolute atomic E-state index is 0.127. The molecule has 1 atom stereocenters. The number of amides is 1. The van der Waals surface area contributed by atoms with Crippen molar-refractivity contribution in [2.45, 2.75) is 18.9 Å². The van der Waals surface area contributed by atoms with E-state index in [2.05, 4.69) is 5.32 Å². The molecule has 1 aromatic carbocycles. The van der Waals surface area contributed by atoms with E-state index in [1.807, 2.05) is 0 Å². The van der Waals surface area contributed by atoms with Crippen LogP contribution in [0.5, 0.6) is 5.75 Å². The zero-order valence-electron chi connectivity index (χ0n) is 12.0. The monoisotopic (exact) mass is 297 g/mol. The third-order valence-corrected chi connectivity index (χ3v) is 2.84. The van der Waals surface area contributed by atoms with Crippen LogP contribution in [0, 0.1) is 10.1 Å². The maximum atomic E-state index is 11.9. The van der Waals surface area contributed by atoms with Gasteiger partial charge in [0.25, 0.3) is 0 Å². The topological polar surface area (TPSA) is 117 Å². The van der Waals surface area contributed by atoms with E-state index >= 15 is 0 Å². The fourth-order valence-corrected chi connectivity index (χ4v) is 1.72. The fourth-order valence-electron chi connectivity index (χ4n) is 1.72. The predicted molar refractivity (Wildman–Crippen MR) is 77.4 cm³/mol. The molecule has 0 fully saturated rings. The third kappa shape index (κ3) is 5.01. The zero-order chi connectivity index (χ0) is 15.8. The van der Waals surface area contributed by atoms with Crippen molar-refractivity contribution in [3.8, 4) is 5.75 Å². The van der Waals surface area contributed by atoms with Crippen LogP contribution in [0.1, 0.15) is 12.8 Å². The molecule has 0 radical (unpaired) electrons. The van der Waals surface area contributed by atoms with E-state index < -0.39 is 16.9 Å². The van der Waals surface area contributed by atoms with E-state index in [1.54, 1.807) is 7.11 Å². The number of carbonyl (C=O) groups excluding carboxylic acids is 1. The number of carbonyl (C=O) groups is 1. The molecule has 8 nitrogen and oxygen atoms in total. The standard InChI is InChI=1S/C13H19N3O5/c1-20-7-3-4-10(14)13(17)15-9-5-6-12(21-2)11(8-9)16(18)19/h5-6,8,10H,3-4,7,14H2,1-2H3,(H,15,17). The largest absolute Gasteiger partial charge is 0.490 e. The minimum Gasteiger partial charge on any atom is -0.490 e. The molecule has 3 N–H and O–H groups in total. The summed E-state index contributed by atoms with van der Waals surface area (Å²) in [6.07, 6.45) is 1.13. The van der Waals surface area contributed by atoms with Gasteiger partial charge in [0.15, 0.2) is 5.75 Å². The summed E-state index contributed by atoms with van der Waals surface area (Å²) < 4.78 is 9.77. The van der Waals surface area contributed by atoms with Crippen LogP contribution in [-0.4, -0.2) is 37.7 Å². The number of methoxy groups -OCH3 is 2. The van der Waals surface area contributed by atoms with E-state index in [0.29, 0.717) is 25.1 Å². The average molecular weight is 297 g/mol. The summed E-state index contributed by atoms with van der Waals surface area (Å²) in [6.45, 7) is 0.523. The summed E-state index contributed by atoms with van der Waals surface area (Å²) in [5.74, 6) is -0.270. The summed E-state index contributed by atoms with van der Waals surface area (Å²) in [5, 5.41) is 13.5. The average Bonchev–Trinajstić information content (AvgIpc) is 2.47. The molecule has 0 saturated heterocycles. The van der Waals surface area contributed by atoms with Crippen LogP contribution in [0.25, 0.3) is 0 Å². The minimum atomic E-state index is -0.693. The lowest BCUT2D eigenvalue weighted by molar-refractivity contribution is -0.385. The molecule has 0 heterocycles. The van der Waals surface area contributed by atoms with Gasteiger partial charge in [0, 0.05) is 25.5 Å². The van der Waals surface area contributed by atoms with Gasteiger partial charge < -0.3 is 20.5 Å². The summed E-state index contributed by atoms with van der Waals surface area (Å²) in [6, 6.07) is 3.48. The first-order valence-corrected chi connectivity index (χ1v) is 6.37. The number of nitro benzene ring substituents is 1. The Morgan fingerprint density at radius 2 is 2.19 bits per heavy atom. The second kappa shape index (κ2) is 8.18. The van der Waals surface area contributed by atoms with Crippen molar-refractivity contribution in [3.63, 3.8) is 0 Å². The number of hydrogen-bond donors (Lipinski definition) is 2. The first-order chi connectivity index (χ1) is 9.99. The molecule has 116 valence electrons. The van der Waals surface area contributed by atoms with E-state index in [4.69, 9.17) is 15.2 Å². The summed E-state index contributed by atoms with van der Waals surface area (Å²) in [4.78, 5) is 22.2. The Balaban J connectivity index is 2.72. The van der Waals surface area contributed by atoms with Gasteiger partial charge >= 0.3 is 5.69 Å². The van der Waals surface area contributed by atoms with Crippen LogP contribution >= 0.6 is 0 Å². The first kappa shape index (κ1) is 16.9. The van der Waals surface area contributed by atoms with Gasteiger partial charge in [-0.3, -0.25) is 14.9 Å². The number of nitrogens with two attached hydrogens (primary N) is 1. The molecular weight excluding hydrogens is 278 g/mol. The Labute approximate surface area is 122 Å². The maximum absolute atomic E-state index is 11.9. The SMILES string of the molecule is COCCCC(N)C(=O)Nc1ccc(OC)c([N+](=O)[O-])c1. The first-order valence-electron chi connectivity index (χ1n) is 6.37. The highest BCUT2D eigenvalue weighted by Crippen LogP contribution is 2.29. The molecule has 1 unspecified atom stereocenters. The van der Waals surface area contributed by atoms with Gasteiger partial charge in [0.05, 0.1) is 18.1 Å². The fraction of sp³-hybridized carbons (Fsp3) is 0.462. The Bertz CT molecular complexity index is 507. The number of nitrogens with one attached hydrogen (secondary N) is 1. The number of anilines is 1. The third-order valence-electron chi connectivity index (χ3n) is 2.84. The van der Waals surface area contributed by atoms with Crippen LogP contribution in [0.15, 0.2) is 18.2 Å². The van der Waals surface area contributed by atoms with Gasteiger partial charge in [-0.2, -0.15) is 0 Å². The molecule has 0 spiro atoms. The Hall–Kier alpha value is -2.19. The molecule has 21 heavy (non-hydrogen) atoms. The Morgan fingerprint density at radius 1 is 1.48 bits per heavy atom. The van der Waals surface area contributed by atoms with Gasteiger partial charge in [-0.05, 0) is 25.0 Å². The Morgan fingerprint density at radius 3 is 2.76 bits per heavy atom. The van der Waals surface area contributed by atoms with Crippen molar-refractivity contribution in [3.05, 3.63) is 28.3 Å². The predicted octanol–water partition coefficient (Wildman–Crippen LogP) is 1.30. The lowest BCUT2D eigenvalue weighted by Gasteiger charge is -2.12. The van der Waals surface area contributed by atoms with Crippen LogP contribution < -0.4 is 15.8 Å². The Kier molecular flexibility index (Phi) is 6.57. The van der Waals surface area contributed by atoms with Crippen LogP contribution in [0.2, 0.25) is 0 Å². The highest BCUT2D eigenvalue weighted by Gasteiger charge is 2.18. The number of ether oxygens (including phenoxy) is 2. The number of rotatable bonds is 8. The number of benzene rings is 1. The van der Waals surface area contributed by atoms with Gasteiger partial charge in [-0.1, -0.05) is 0 Å². The van der Waals surface area contributed by atoms with E-state index in [1.165, 1.54) is 25.3 Å². The van der Waals surface area contributed by atoms with Crippen LogP contribution in [0.3, 0.4) is 0 Å². The molecule has 1 aromatic rings. The lowest BCUT2D eigenvalue weighted by Crippen LogP contribution is -2.35. The van der Waals surface area contributed by atoms with E-state index in [-0.39, 0.29) is 11.4 Å². The van der Waals surface area contributed by atoms with Crippen molar-refractivity contribution in [2.75, 3.05) is 26.1 Å². The van der Waals surface area contributed by atoms with Crippen molar-refractivity contribution >= 4 is 17.3 Å². The molecular formula is C13H19N3O5. The number of nitro groups is 1. The maximum Gasteiger partial charge on any atom is 0.312 e. The van der Waals surface area contributed by atoms with Gasteiger partial charge in [-0.25, -0.2) is 0 Å². The highest BCUT2D eigenvalue weighted by molar-refractivity contribution is 5.95. The normalized spacial score (nSPS) is 11.8. The molecule has 1 amide bonds. The van der Waals surface area contributed by atoms with Gasteiger partial charge in [0.2, 0.25) is 5.91 Å². The quantitative estimate of drug-likeness (QED) is 0.424. The van der Waals surface area contributed by atoms with Gasteiger partial charge in [0.1, 0.15) is 0 Å². The molecule has 0 saturated carbocycles. The van der Waals surface area contributed by atoms with Crippen molar-refractivity contribution in [1.29, 1.82) is 0 Å². The number of nitrogens with zero attached hydrogens (tertiary/aromatic N) is 1. The zero-order valence-corrected chi connectivity index (χ0v) is 12.0. The lowest BCUT2D eigenvalue weighted by atomic mass is 10.1. The van der Waals surface area contributed by atoms with Gasteiger partial charge in [-0.15, -0.1) is 0 Å². The molecule has 0 aliphatic rings.